The lowest BCUT2D eigenvalue weighted by Gasteiger charge is -2.22. The van der Waals surface area contributed by atoms with Gasteiger partial charge in [-0.25, -0.2) is 0 Å². The second kappa shape index (κ2) is 3.31. The molecular weight excluding hydrogens is 180 g/mol. The average molecular weight is 196 g/mol. The lowest BCUT2D eigenvalue weighted by molar-refractivity contribution is -0.130. The highest BCUT2D eigenvalue weighted by Gasteiger charge is 2.47. The van der Waals surface area contributed by atoms with Gasteiger partial charge in [-0.3, -0.25) is 4.79 Å². The highest BCUT2D eigenvalue weighted by atomic mass is 16.7. The van der Waals surface area contributed by atoms with Crippen molar-refractivity contribution >= 4 is 5.78 Å². The molecule has 3 nitrogen and oxygen atoms in total. The van der Waals surface area contributed by atoms with Crippen molar-refractivity contribution in [3.63, 3.8) is 0 Å². The van der Waals surface area contributed by atoms with Gasteiger partial charge in [0.05, 0.1) is 13.2 Å². The van der Waals surface area contributed by atoms with Crippen LogP contribution in [0.3, 0.4) is 0 Å². The molecule has 0 aromatic carbocycles. The molecule has 3 aliphatic rings. The van der Waals surface area contributed by atoms with E-state index in [2.05, 4.69) is 0 Å². The molecule has 0 aromatic rings. The largest absolute Gasteiger partial charge is 0.350 e. The number of carbonyl (C=O) groups is 1. The molecule has 3 unspecified atom stereocenters. The Balaban J connectivity index is 1.64. The van der Waals surface area contributed by atoms with Gasteiger partial charge in [0.2, 0.25) is 0 Å². The van der Waals surface area contributed by atoms with Crippen LogP contribution in [0.15, 0.2) is 0 Å². The van der Waals surface area contributed by atoms with Crippen LogP contribution in [0.1, 0.15) is 25.7 Å². The summed E-state index contributed by atoms with van der Waals surface area (Å²) in [6.45, 7) is 1.39. The molecule has 0 N–H and O–H groups in total. The van der Waals surface area contributed by atoms with Crippen LogP contribution in [0.2, 0.25) is 0 Å². The minimum atomic E-state index is -0.0942. The second-order valence-corrected chi connectivity index (χ2v) is 4.69. The predicted molar refractivity (Wildman–Crippen MR) is 49.6 cm³/mol. The van der Waals surface area contributed by atoms with Crippen LogP contribution in [0.4, 0.5) is 0 Å². The number of ketones is 1. The fourth-order valence-electron chi connectivity index (χ4n) is 3.23. The smallest absolute Gasteiger partial charge is 0.158 e. The molecule has 2 saturated carbocycles. The van der Waals surface area contributed by atoms with Crippen LogP contribution >= 0.6 is 0 Å². The molecule has 0 radical (unpaired) electrons. The van der Waals surface area contributed by atoms with Gasteiger partial charge in [0.25, 0.3) is 0 Å². The van der Waals surface area contributed by atoms with E-state index in [-0.39, 0.29) is 12.2 Å². The zero-order valence-corrected chi connectivity index (χ0v) is 8.28. The fraction of sp³-hybridized carbons (Fsp3) is 0.909. The van der Waals surface area contributed by atoms with E-state index >= 15 is 0 Å². The van der Waals surface area contributed by atoms with E-state index in [4.69, 9.17) is 9.47 Å². The van der Waals surface area contributed by atoms with Gasteiger partial charge in [-0.15, -0.1) is 0 Å². The first kappa shape index (κ1) is 8.86. The van der Waals surface area contributed by atoms with E-state index < -0.39 is 0 Å². The molecule has 3 fully saturated rings. The molecule has 78 valence electrons. The summed E-state index contributed by atoms with van der Waals surface area (Å²) < 4.78 is 10.8. The molecule has 1 aliphatic heterocycles. The first-order valence-corrected chi connectivity index (χ1v) is 5.61. The van der Waals surface area contributed by atoms with Gasteiger partial charge in [-0.1, -0.05) is 0 Å². The van der Waals surface area contributed by atoms with Crippen molar-refractivity contribution < 1.29 is 14.3 Å². The summed E-state index contributed by atoms with van der Waals surface area (Å²) in [5.41, 5.74) is 0. The van der Waals surface area contributed by atoms with E-state index in [1.165, 1.54) is 6.42 Å². The summed E-state index contributed by atoms with van der Waals surface area (Å²) in [7, 11) is 0. The zero-order chi connectivity index (χ0) is 9.54. The summed E-state index contributed by atoms with van der Waals surface area (Å²) >= 11 is 0. The maximum absolute atomic E-state index is 11.8. The average Bonchev–Trinajstić information content (AvgIpc) is 2.87. The molecule has 1 heterocycles. The van der Waals surface area contributed by atoms with Gasteiger partial charge in [0.15, 0.2) is 6.29 Å². The highest BCUT2D eigenvalue weighted by molar-refractivity contribution is 5.86. The summed E-state index contributed by atoms with van der Waals surface area (Å²) in [5.74, 6) is 1.75. The fourth-order valence-corrected chi connectivity index (χ4v) is 3.23. The molecule has 0 aromatic heterocycles. The van der Waals surface area contributed by atoms with E-state index in [9.17, 15) is 4.79 Å². The molecule has 0 amide bonds. The minimum absolute atomic E-state index is 0.0942. The number of carbonyl (C=O) groups excluding carboxylic acids is 1. The van der Waals surface area contributed by atoms with Crippen LogP contribution in [0.5, 0.6) is 0 Å². The SMILES string of the molecule is O=C1C2CCC(C2)C1CC1OCCO1. The summed E-state index contributed by atoms with van der Waals surface area (Å²) in [5, 5.41) is 0. The van der Waals surface area contributed by atoms with Crippen LogP contribution < -0.4 is 0 Å². The number of fused-ring (bicyclic) bond motifs is 2. The number of Topliss-reactive ketones (excluding diaryl/α,β-unsaturated/α-hetero) is 1. The van der Waals surface area contributed by atoms with Crippen molar-refractivity contribution in [3.8, 4) is 0 Å². The van der Waals surface area contributed by atoms with Crippen LogP contribution in [0, 0.1) is 17.8 Å². The molecule has 0 spiro atoms. The highest BCUT2D eigenvalue weighted by Crippen LogP contribution is 2.47. The van der Waals surface area contributed by atoms with Crippen molar-refractivity contribution in [1.82, 2.24) is 0 Å². The number of hydrogen-bond acceptors (Lipinski definition) is 3. The van der Waals surface area contributed by atoms with E-state index in [0.717, 1.165) is 19.3 Å². The van der Waals surface area contributed by atoms with Gasteiger partial charge >= 0.3 is 0 Å². The minimum Gasteiger partial charge on any atom is -0.350 e. The number of rotatable bonds is 2. The first-order chi connectivity index (χ1) is 6.84. The lowest BCUT2D eigenvalue weighted by Crippen LogP contribution is -2.26. The molecule has 3 atom stereocenters. The molecule has 2 aliphatic carbocycles. The lowest BCUT2D eigenvalue weighted by atomic mass is 9.85. The van der Waals surface area contributed by atoms with Crippen molar-refractivity contribution in [2.24, 2.45) is 17.8 Å². The van der Waals surface area contributed by atoms with E-state index in [1.807, 2.05) is 0 Å². The molecule has 2 bridgehead atoms. The number of ether oxygens (including phenoxy) is 2. The first-order valence-electron chi connectivity index (χ1n) is 5.61. The predicted octanol–water partition coefficient (Wildman–Crippen LogP) is 1.36. The molecule has 3 rings (SSSR count). The Morgan fingerprint density at radius 3 is 2.64 bits per heavy atom. The van der Waals surface area contributed by atoms with Crippen molar-refractivity contribution in [3.05, 3.63) is 0 Å². The van der Waals surface area contributed by atoms with Gasteiger partial charge in [-0.2, -0.15) is 0 Å². The third-order valence-corrected chi connectivity index (χ3v) is 3.95. The third kappa shape index (κ3) is 1.30. The Labute approximate surface area is 83.8 Å². The van der Waals surface area contributed by atoms with E-state index in [1.54, 1.807) is 0 Å². The van der Waals surface area contributed by atoms with Gasteiger partial charge in [0.1, 0.15) is 5.78 Å². The standard InChI is InChI=1S/C11H16O3/c12-11-8-2-1-7(5-8)9(11)6-10-13-3-4-14-10/h7-10H,1-6H2. The molecule has 1 saturated heterocycles. The van der Waals surface area contributed by atoms with Gasteiger partial charge in [0, 0.05) is 18.3 Å². The normalized spacial score (nSPS) is 42.6. The van der Waals surface area contributed by atoms with E-state index in [0.29, 0.717) is 30.8 Å². The van der Waals surface area contributed by atoms with Crippen molar-refractivity contribution in [2.45, 2.75) is 32.0 Å². The Kier molecular flexibility index (Phi) is 2.10. The third-order valence-electron chi connectivity index (χ3n) is 3.95. The quantitative estimate of drug-likeness (QED) is 0.669. The topological polar surface area (TPSA) is 35.5 Å². The Morgan fingerprint density at radius 2 is 2.00 bits per heavy atom. The van der Waals surface area contributed by atoms with Crippen LogP contribution in [-0.4, -0.2) is 25.3 Å². The maximum atomic E-state index is 11.8. The Bertz CT molecular complexity index is 245. The second-order valence-electron chi connectivity index (χ2n) is 4.69. The summed E-state index contributed by atoms with van der Waals surface area (Å²) in [4.78, 5) is 11.8. The van der Waals surface area contributed by atoms with Gasteiger partial charge < -0.3 is 9.47 Å². The summed E-state index contributed by atoms with van der Waals surface area (Å²) in [6.07, 6.45) is 4.22. The van der Waals surface area contributed by atoms with Crippen molar-refractivity contribution in [2.75, 3.05) is 13.2 Å². The molecule has 3 heteroatoms. The Morgan fingerprint density at radius 1 is 1.21 bits per heavy atom. The monoisotopic (exact) mass is 196 g/mol. The number of hydrogen-bond donors (Lipinski definition) is 0. The van der Waals surface area contributed by atoms with Gasteiger partial charge in [-0.05, 0) is 25.2 Å². The van der Waals surface area contributed by atoms with Crippen molar-refractivity contribution in [1.29, 1.82) is 0 Å². The Hall–Kier alpha value is -0.410. The maximum Gasteiger partial charge on any atom is 0.158 e. The molecular formula is C11H16O3. The van der Waals surface area contributed by atoms with Crippen LogP contribution in [0.25, 0.3) is 0 Å². The van der Waals surface area contributed by atoms with Crippen LogP contribution in [-0.2, 0) is 14.3 Å². The summed E-state index contributed by atoms with van der Waals surface area (Å²) in [6, 6.07) is 0. The molecule has 14 heavy (non-hydrogen) atoms. The zero-order valence-electron chi connectivity index (χ0n) is 8.28.